The van der Waals surface area contributed by atoms with Crippen molar-refractivity contribution < 1.29 is 0 Å². The zero-order valence-electron chi connectivity index (χ0n) is 15.2. The van der Waals surface area contributed by atoms with E-state index in [-0.39, 0.29) is 0 Å². The lowest BCUT2D eigenvalue weighted by atomic mass is 9.98. The number of allylic oxidation sites excluding steroid dienone is 2. The van der Waals surface area contributed by atoms with Crippen molar-refractivity contribution >= 4 is 16.3 Å². The van der Waals surface area contributed by atoms with E-state index in [1.807, 2.05) is 0 Å². The average molecular weight is 307 g/mol. The smallest absolute Gasteiger partial charge is 0.160 e. The van der Waals surface area contributed by atoms with Crippen molar-refractivity contribution in [1.82, 2.24) is 0 Å². The van der Waals surface area contributed by atoms with Crippen LogP contribution in [0.4, 0.5) is 0 Å². The maximum absolute atomic E-state index is 3.08. The Hall–Kier alpha value is 0.272. The first kappa shape index (κ1) is 21.3. The van der Waals surface area contributed by atoms with E-state index in [1.54, 1.807) is 10.0 Å². The molecule has 2 radical (unpaired) electrons. The zero-order valence-corrected chi connectivity index (χ0v) is 16.3. The van der Waals surface area contributed by atoms with Gasteiger partial charge in [0.25, 0.3) is 0 Å². The summed E-state index contributed by atoms with van der Waals surface area (Å²) in [6.45, 7) is 6.90. The van der Waals surface area contributed by atoms with Crippen LogP contribution in [-0.2, 0) is 0 Å². The molecule has 0 atom stereocenters. The first-order chi connectivity index (χ1) is 10.3. The van der Waals surface area contributed by atoms with Crippen molar-refractivity contribution in [2.75, 3.05) is 0 Å². The summed E-state index contributed by atoms with van der Waals surface area (Å²) in [6.07, 6.45) is 20.8. The summed E-state index contributed by atoms with van der Waals surface area (Å²) in [5.41, 5.74) is 1.78. The van der Waals surface area contributed by atoms with Gasteiger partial charge in [-0.05, 0) is 32.1 Å². The summed E-state index contributed by atoms with van der Waals surface area (Å²) in [5.74, 6) is 0. The fourth-order valence-electron chi connectivity index (χ4n) is 2.90. The highest BCUT2D eigenvalue weighted by Gasteiger charge is 2.03. The fourth-order valence-corrected chi connectivity index (χ4v) is 3.39. The van der Waals surface area contributed by atoms with Crippen molar-refractivity contribution in [3.63, 3.8) is 0 Å². The van der Waals surface area contributed by atoms with Gasteiger partial charge in [0.2, 0.25) is 0 Å². The Labute approximate surface area is 143 Å². The molecule has 1 heteroatoms. The predicted octanol–water partition coefficient (Wildman–Crippen LogP) is 7.32. The lowest BCUT2D eigenvalue weighted by Gasteiger charge is -2.14. The van der Waals surface area contributed by atoms with Gasteiger partial charge in [0.15, 0.2) is 16.3 Å². The standard InChI is InChI=1S/C20H39.Al/c1-4-7-10-13-16-19-20(17-14-11-8-5-2)18-15-12-9-6-3;/h4-18H2,1-3H3;. The number of hydrogen-bond donors (Lipinski definition) is 0. The van der Waals surface area contributed by atoms with Crippen LogP contribution in [0.2, 0.25) is 0 Å². The second kappa shape index (κ2) is 16.6. The minimum absolute atomic E-state index is 1.32. The number of hydrogen-bond acceptors (Lipinski definition) is 0. The monoisotopic (exact) mass is 306 g/mol. The second-order valence-electron chi connectivity index (χ2n) is 6.56. The summed E-state index contributed by atoms with van der Waals surface area (Å²) < 4.78 is 1.65. The predicted molar refractivity (Wildman–Crippen MR) is 99.1 cm³/mol. The third kappa shape index (κ3) is 13.6. The van der Waals surface area contributed by atoms with E-state index >= 15 is 0 Å². The molecule has 0 rings (SSSR count). The molecule has 0 heterocycles. The van der Waals surface area contributed by atoms with Gasteiger partial charge in [0.05, 0.1) is 0 Å². The molecule has 0 aromatic heterocycles. The van der Waals surface area contributed by atoms with Crippen molar-refractivity contribution in [1.29, 1.82) is 0 Å². The van der Waals surface area contributed by atoms with Gasteiger partial charge in [0, 0.05) is 0 Å². The van der Waals surface area contributed by atoms with Gasteiger partial charge in [0.1, 0.15) is 0 Å². The Bertz CT molecular complexity index is 228. The molecule has 0 nitrogen and oxygen atoms in total. The lowest BCUT2D eigenvalue weighted by Crippen LogP contribution is -1.95. The highest BCUT2D eigenvalue weighted by molar-refractivity contribution is 6.22. The van der Waals surface area contributed by atoms with Crippen LogP contribution in [-0.4, -0.2) is 16.3 Å². The summed E-state index contributed by atoms with van der Waals surface area (Å²) >= 11 is 3.08. The van der Waals surface area contributed by atoms with Gasteiger partial charge in [-0.1, -0.05) is 90.6 Å². The first-order valence-electron chi connectivity index (χ1n) is 9.72. The molecule has 0 N–H and O–H groups in total. The Balaban J connectivity index is 4.16. The largest absolute Gasteiger partial charge is 0.168 e. The molecule has 0 aliphatic rings. The van der Waals surface area contributed by atoms with Crippen LogP contribution in [0.1, 0.15) is 117 Å². The van der Waals surface area contributed by atoms with E-state index < -0.39 is 0 Å². The molecular weight excluding hydrogens is 267 g/mol. The number of unbranched alkanes of at least 4 members (excludes halogenated alkanes) is 9. The Kier molecular flexibility index (Phi) is 16.9. The van der Waals surface area contributed by atoms with Crippen LogP contribution in [0.5, 0.6) is 0 Å². The maximum atomic E-state index is 3.08. The van der Waals surface area contributed by atoms with E-state index in [4.69, 9.17) is 0 Å². The van der Waals surface area contributed by atoms with Gasteiger partial charge in [-0.3, -0.25) is 0 Å². The van der Waals surface area contributed by atoms with Gasteiger partial charge in [-0.15, -0.1) is 0 Å². The van der Waals surface area contributed by atoms with E-state index in [9.17, 15) is 0 Å². The van der Waals surface area contributed by atoms with Crippen molar-refractivity contribution in [3.8, 4) is 0 Å². The van der Waals surface area contributed by atoms with Crippen LogP contribution in [0.15, 0.2) is 10.0 Å². The third-order valence-corrected chi connectivity index (χ3v) is 5.11. The molecule has 122 valence electrons. The van der Waals surface area contributed by atoms with Crippen molar-refractivity contribution in [2.45, 2.75) is 117 Å². The molecular formula is C20H39Al. The topological polar surface area (TPSA) is 0 Å². The molecule has 21 heavy (non-hydrogen) atoms. The summed E-state index contributed by atoms with van der Waals surface area (Å²) in [6, 6.07) is 0. The van der Waals surface area contributed by atoms with Crippen LogP contribution in [0.3, 0.4) is 0 Å². The molecule has 0 aromatic carbocycles. The van der Waals surface area contributed by atoms with Gasteiger partial charge < -0.3 is 0 Å². The second-order valence-corrected chi connectivity index (χ2v) is 7.26. The molecule has 0 bridgehead atoms. The first-order valence-corrected chi connectivity index (χ1v) is 10.3. The maximum Gasteiger partial charge on any atom is 0.168 e. The molecule has 0 aromatic rings. The molecule has 0 aliphatic carbocycles. The van der Waals surface area contributed by atoms with Crippen LogP contribution >= 0.6 is 0 Å². The van der Waals surface area contributed by atoms with E-state index in [1.165, 1.54) is 96.3 Å². The Morgan fingerprint density at radius 3 is 1.29 bits per heavy atom. The van der Waals surface area contributed by atoms with E-state index in [0.717, 1.165) is 0 Å². The minimum atomic E-state index is 1.32. The fraction of sp³-hybridized carbons (Fsp3) is 0.900. The lowest BCUT2D eigenvalue weighted by molar-refractivity contribution is 0.616. The molecule has 0 fully saturated rings. The van der Waals surface area contributed by atoms with Gasteiger partial charge in [-0.25, -0.2) is 0 Å². The molecule has 0 aliphatic heterocycles. The minimum Gasteiger partial charge on any atom is -0.160 e. The molecule has 0 spiro atoms. The van der Waals surface area contributed by atoms with Crippen LogP contribution < -0.4 is 0 Å². The van der Waals surface area contributed by atoms with E-state index in [2.05, 4.69) is 37.1 Å². The highest BCUT2D eigenvalue weighted by atomic mass is 27.0. The normalized spacial score (nSPS) is 10.8. The van der Waals surface area contributed by atoms with E-state index in [0.29, 0.717) is 0 Å². The molecule has 0 saturated heterocycles. The summed E-state index contributed by atoms with van der Waals surface area (Å²) in [5, 5.41) is 0. The average Bonchev–Trinajstić information content (AvgIpc) is 2.49. The van der Waals surface area contributed by atoms with Crippen LogP contribution in [0.25, 0.3) is 0 Å². The summed E-state index contributed by atoms with van der Waals surface area (Å²) in [7, 11) is 0. The quantitative estimate of drug-likeness (QED) is 0.219. The SMILES string of the molecule is CCCCCC[C]([Al])=C(CCCCCC)CCCCCC. The molecule has 0 amide bonds. The van der Waals surface area contributed by atoms with Crippen molar-refractivity contribution in [2.24, 2.45) is 0 Å². The summed E-state index contributed by atoms with van der Waals surface area (Å²) in [4.78, 5) is 0. The van der Waals surface area contributed by atoms with Gasteiger partial charge >= 0.3 is 0 Å². The highest BCUT2D eigenvalue weighted by Crippen LogP contribution is 2.22. The van der Waals surface area contributed by atoms with Crippen molar-refractivity contribution in [3.05, 3.63) is 10.0 Å². The third-order valence-electron chi connectivity index (χ3n) is 4.42. The van der Waals surface area contributed by atoms with Crippen LogP contribution in [0, 0.1) is 0 Å². The number of rotatable bonds is 15. The molecule has 0 unspecified atom stereocenters. The van der Waals surface area contributed by atoms with Gasteiger partial charge in [-0.2, -0.15) is 4.44 Å². The Morgan fingerprint density at radius 2 is 0.905 bits per heavy atom. The molecule has 0 saturated carbocycles. The Morgan fingerprint density at radius 1 is 0.524 bits per heavy atom. The zero-order chi connectivity index (χ0) is 15.8.